The molecule has 0 unspecified atom stereocenters. The van der Waals surface area contributed by atoms with Crippen LogP contribution in [0.5, 0.6) is 0 Å². The molecule has 1 aromatic rings. The maximum Gasteiger partial charge on any atom is 0.338 e. The van der Waals surface area contributed by atoms with Gasteiger partial charge in [0.15, 0.2) is 0 Å². The molecule has 0 atom stereocenters. The topological polar surface area (TPSA) is 52.6 Å². The van der Waals surface area contributed by atoms with Gasteiger partial charge in [0, 0.05) is 11.3 Å². The Kier molecular flexibility index (Phi) is 6.20. The molecule has 1 rings (SSSR count). The molecule has 0 spiro atoms. The summed E-state index contributed by atoms with van der Waals surface area (Å²) < 4.78 is 9.97. The number of hydrogen-bond acceptors (Lipinski definition) is 5. The van der Waals surface area contributed by atoms with Gasteiger partial charge in [0.05, 0.1) is 12.7 Å². The summed E-state index contributed by atoms with van der Waals surface area (Å²) in [4.78, 5) is 24.1. The van der Waals surface area contributed by atoms with Crippen LogP contribution in [0.4, 0.5) is 0 Å². The first-order valence-electron chi connectivity index (χ1n) is 6.70. The van der Waals surface area contributed by atoms with E-state index in [9.17, 15) is 9.59 Å². The summed E-state index contributed by atoms with van der Waals surface area (Å²) in [5.41, 5.74) is 0.206. The third kappa shape index (κ3) is 5.74. The van der Waals surface area contributed by atoms with Crippen LogP contribution in [0.2, 0.25) is 0 Å². The van der Waals surface area contributed by atoms with Gasteiger partial charge in [0.2, 0.25) is 0 Å². The molecule has 1 aromatic heterocycles. The lowest BCUT2D eigenvalue weighted by atomic mass is 10.1. The molecule has 0 bridgehead atoms. The van der Waals surface area contributed by atoms with Crippen molar-refractivity contribution in [2.75, 3.05) is 7.11 Å². The van der Waals surface area contributed by atoms with Gasteiger partial charge >= 0.3 is 11.9 Å². The van der Waals surface area contributed by atoms with E-state index in [0.29, 0.717) is 12.0 Å². The largest absolute Gasteiger partial charge is 0.465 e. The highest BCUT2D eigenvalue weighted by Gasteiger charge is 2.16. The Balaban J connectivity index is 2.33. The van der Waals surface area contributed by atoms with Crippen LogP contribution in [0.3, 0.4) is 0 Å². The summed E-state index contributed by atoms with van der Waals surface area (Å²) in [6.07, 6.45) is 2.80. The Morgan fingerprint density at radius 1 is 1.25 bits per heavy atom. The summed E-state index contributed by atoms with van der Waals surface area (Å²) in [5, 5.41) is 1.88. The van der Waals surface area contributed by atoms with Crippen molar-refractivity contribution < 1.29 is 19.1 Å². The molecule has 0 aliphatic heterocycles. The molecule has 4 nitrogen and oxygen atoms in total. The van der Waals surface area contributed by atoms with Crippen LogP contribution in [0.1, 0.15) is 55.3 Å². The predicted octanol–water partition coefficient (Wildman–Crippen LogP) is 3.59. The molecule has 0 radical (unpaired) electrons. The van der Waals surface area contributed by atoms with Crippen LogP contribution >= 0.6 is 11.3 Å². The molecule has 0 aromatic carbocycles. The molecular formula is C15H22O4S. The normalized spacial score (nSPS) is 11.2. The van der Waals surface area contributed by atoms with E-state index in [4.69, 9.17) is 9.47 Å². The number of thiophene rings is 1. The van der Waals surface area contributed by atoms with Gasteiger partial charge in [-0.3, -0.25) is 4.79 Å². The Morgan fingerprint density at radius 2 is 1.95 bits per heavy atom. The van der Waals surface area contributed by atoms with Crippen LogP contribution in [-0.4, -0.2) is 24.6 Å². The number of carbonyl (C=O) groups excluding carboxylic acids is 2. The van der Waals surface area contributed by atoms with E-state index in [0.717, 1.165) is 24.1 Å². The van der Waals surface area contributed by atoms with Gasteiger partial charge in [-0.2, -0.15) is 0 Å². The summed E-state index contributed by atoms with van der Waals surface area (Å²) in [6, 6.07) is 1.78. The Bertz CT molecular complexity index is 457. The first-order chi connectivity index (χ1) is 9.33. The summed E-state index contributed by atoms with van der Waals surface area (Å²) in [7, 11) is 1.38. The maximum absolute atomic E-state index is 11.5. The molecule has 0 saturated carbocycles. The van der Waals surface area contributed by atoms with Crippen LogP contribution in [0.25, 0.3) is 0 Å². The smallest absolute Gasteiger partial charge is 0.338 e. The number of carbonyl (C=O) groups is 2. The van der Waals surface area contributed by atoms with E-state index in [1.165, 1.54) is 7.11 Å². The third-order valence-corrected chi connectivity index (χ3v) is 3.59. The van der Waals surface area contributed by atoms with Gasteiger partial charge in [0.1, 0.15) is 5.60 Å². The molecule has 20 heavy (non-hydrogen) atoms. The van der Waals surface area contributed by atoms with Crippen molar-refractivity contribution in [2.45, 2.75) is 52.1 Å². The van der Waals surface area contributed by atoms with E-state index >= 15 is 0 Å². The van der Waals surface area contributed by atoms with Crippen LogP contribution in [0.15, 0.2) is 11.4 Å². The number of hydrogen-bond donors (Lipinski definition) is 0. The van der Waals surface area contributed by atoms with Crippen LogP contribution < -0.4 is 0 Å². The number of ether oxygens (including phenoxy) is 2. The molecule has 1 heterocycles. The van der Waals surface area contributed by atoms with Crippen molar-refractivity contribution in [2.24, 2.45) is 0 Å². The third-order valence-electron chi connectivity index (χ3n) is 2.61. The second-order valence-electron chi connectivity index (χ2n) is 5.54. The van der Waals surface area contributed by atoms with Gasteiger partial charge < -0.3 is 9.47 Å². The Labute approximate surface area is 124 Å². The standard InChI is InChI=1S/C15H22O4S/c1-15(2,3)19-13(16)8-6-5-7-12-11(9-10-20-12)14(17)18-4/h9-10H,5-8H2,1-4H3. The second kappa shape index (κ2) is 7.43. The fourth-order valence-electron chi connectivity index (χ4n) is 1.77. The average Bonchev–Trinajstić information content (AvgIpc) is 2.79. The molecular weight excluding hydrogens is 276 g/mol. The SMILES string of the molecule is COC(=O)c1ccsc1CCCCC(=O)OC(C)(C)C. The second-order valence-corrected chi connectivity index (χ2v) is 6.54. The first kappa shape index (κ1) is 16.7. The highest BCUT2D eigenvalue weighted by atomic mass is 32.1. The lowest BCUT2D eigenvalue weighted by Crippen LogP contribution is -2.23. The van der Waals surface area contributed by atoms with E-state index in [1.54, 1.807) is 17.4 Å². The fourth-order valence-corrected chi connectivity index (χ4v) is 2.68. The molecule has 0 fully saturated rings. The minimum absolute atomic E-state index is 0.170. The van der Waals surface area contributed by atoms with Crippen molar-refractivity contribution in [3.63, 3.8) is 0 Å². The molecule has 5 heteroatoms. The zero-order chi connectivity index (χ0) is 15.2. The predicted molar refractivity (Wildman–Crippen MR) is 79.1 cm³/mol. The monoisotopic (exact) mass is 298 g/mol. The molecule has 0 aliphatic carbocycles. The van der Waals surface area contributed by atoms with Crippen molar-refractivity contribution in [3.05, 3.63) is 21.9 Å². The van der Waals surface area contributed by atoms with Crippen LogP contribution in [-0.2, 0) is 20.7 Å². The number of unbranched alkanes of at least 4 members (excludes halogenated alkanes) is 1. The van der Waals surface area contributed by atoms with E-state index in [2.05, 4.69) is 0 Å². The lowest BCUT2D eigenvalue weighted by molar-refractivity contribution is -0.154. The number of methoxy groups -OCH3 is 1. The van der Waals surface area contributed by atoms with E-state index in [-0.39, 0.29) is 11.9 Å². The van der Waals surface area contributed by atoms with Gasteiger partial charge in [-0.15, -0.1) is 11.3 Å². The first-order valence-corrected chi connectivity index (χ1v) is 7.58. The average molecular weight is 298 g/mol. The summed E-state index contributed by atoms with van der Waals surface area (Å²) >= 11 is 1.55. The Hall–Kier alpha value is -1.36. The zero-order valence-corrected chi connectivity index (χ0v) is 13.3. The van der Waals surface area contributed by atoms with E-state index < -0.39 is 5.60 Å². The van der Waals surface area contributed by atoms with Crippen molar-refractivity contribution in [3.8, 4) is 0 Å². The van der Waals surface area contributed by atoms with Gasteiger partial charge in [-0.1, -0.05) is 0 Å². The number of esters is 2. The number of aryl methyl sites for hydroxylation is 1. The molecule has 0 amide bonds. The van der Waals surface area contributed by atoms with Gasteiger partial charge in [0.25, 0.3) is 0 Å². The zero-order valence-electron chi connectivity index (χ0n) is 12.5. The number of rotatable bonds is 6. The van der Waals surface area contributed by atoms with Crippen molar-refractivity contribution >= 4 is 23.3 Å². The minimum atomic E-state index is -0.428. The highest BCUT2D eigenvalue weighted by molar-refractivity contribution is 7.10. The minimum Gasteiger partial charge on any atom is -0.465 e. The molecule has 0 saturated heterocycles. The van der Waals surface area contributed by atoms with E-state index in [1.807, 2.05) is 26.2 Å². The lowest BCUT2D eigenvalue weighted by Gasteiger charge is -2.19. The summed E-state index contributed by atoms with van der Waals surface area (Å²) in [6.45, 7) is 5.58. The fraction of sp³-hybridized carbons (Fsp3) is 0.600. The van der Waals surface area contributed by atoms with Gasteiger partial charge in [-0.05, 0) is 51.5 Å². The van der Waals surface area contributed by atoms with Crippen LogP contribution in [0, 0.1) is 0 Å². The van der Waals surface area contributed by atoms with Gasteiger partial charge in [-0.25, -0.2) is 4.79 Å². The molecule has 0 aliphatic rings. The highest BCUT2D eigenvalue weighted by Crippen LogP contribution is 2.20. The molecule has 0 N–H and O–H groups in total. The quantitative estimate of drug-likeness (QED) is 0.595. The summed E-state index contributed by atoms with van der Waals surface area (Å²) in [5.74, 6) is -0.467. The Morgan fingerprint density at radius 3 is 2.55 bits per heavy atom. The molecule has 112 valence electrons. The maximum atomic E-state index is 11.5. The van der Waals surface area contributed by atoms with Crippen molar-refractivity contribution in [1.29, 1.82) is 0 Å². The van der Waals surface area contributed by atoms with Crippen molar-refractivity contribution in [1.82, 2.24) is 0 Å².